The van der Waals surface area contributed by atoms with Crippen LogP contribution in [0.2, 0.25) is 0 Å². The molecule has 1 atom stereocenters. The van der Waals surface area contributed by atoms with Gasteiger partial charge in [-0.3, -0.25) is 4.98 Å². The van der Waals surface area contributed by atoms with Crippen LogP contribution in [-0.4, -0.2) is 10.1 Å². The number of hydrogen-bond acceptors (Lipinski definition) is 3. The number of aromatic nitrogens is 1. The van der Waals surface area contributed by atoms with E-state index < -0.39 is 11.9 Å². The van der Waals surface area contributed by atoms with Crippen LogP contribution in [0, 0.1) is 17.1 Å². The average molecular weight is 352 g/mol. The highest BCUT2D eigenvalue weighted by Gasteiger charge is 2.37. The number of nitriles is 1. The smallest absolute Gasteiger partial charge is 0.123 e. The second-order valence-corrected chi connectivity index (χ2v) is 6.56. The SMILES string of the molecule is N#C/C=C1/C(=C2\c3ccccc3-c3ncccc32)C(O)c2ccc(F)cc21. The fourth-order valence-electron chi connectivity index (χ4n) is 4.10. The zero-order chi connectivity index (χ0) is 18.5. The molecule has 0 fully saturated rings. The number of aliphatic hydroxyl groups excluding tert-OH is 1. The van der Waals surface area contributed by atoms with Gasteiger partial charge in [0, 0.05) is 29.0 Å². The lowest BCUT2D eigenvalue weighted by Crippen LogP contribution is -1.98. The highest BCUT2D eigenvalue weighted by atomic mass is 19.1. The van der Waals surface area contributed by atoms with Crippen LogP contribution in [0.4, 0.5) is 4.39 Å². The van der Waals surface area contributed by atoms with Crippen molar-refractivity contribution < 1.29 is 9.50 Å². The number of benzene rings is 2. The Labute approximate surface area is 155 Å². The first kappa shape index (κ1) is 15.7. The van der Waals surface area contributed by atoms with E-state index in [0.717, 1.165) is 28.0 Å². The van der Waals surface area contributed by atoms with Crippen molar-refractivity contribution in [3.63, 3.8) is 0 Å². The number of halogens is 1. The van der Waals surface area contributed by atoms with Crippen LogP contribution < -0.4 is 0 Å². The van der Waals surface area contributed by atoms with Crippen molar-refractivity contribution >= 4 is 11.1 Å². The molecule has 0 radical (unpaired) electrons. The summed E-state index contributed by atoms with van der Waals surface area (Å²) in [6, 6.07) is 18.0. The summed E-state index contributed by atoms with van der Waals surface area (Å²) >= 11 is 0. The molecule has 0 saturated heterocycles. The minimum Gasteiger partial charge on any atom is -0.384 e. The summed E-state index contributed by atoms with van der Waals surface area (Å²) in [6.45, 7) is 0. The molecule has 27 heavy (non-hydrogen) atoms. The first-order chi connectivity index (χ1) is 13.2. The normalized spacial score (nSPS) is 20.9. The van der Waals surface area contributed by atoms with E-state index in [2.05, 4.69) is 4.98 Å². The molecular weight excluding hydrogens is 339 g/mol. The Balaban J connectivity index is 1.90. The third-order valence-electron chi connectivity index (χ3n) is 5.17. The number of rotatable bonds is 0. The lowest BCUT2D eigenvalue weighted by atomic mass is 9.92. The van der Waals surface area contributed by atoms with Crippen molar-refractivity contribution in [2.75, 3.05) is 0 Å². The van der Waals surface area contributed by atoms with Crippen molar-refractivity contribution in [3.8, 4) is 17.3 Å². The second kappa shape index (κ2) is 5.73. The van der Waals surface area contributed by atoms with Crippen LogP contribution in [0.3, 0.4) is 0 Å². The third kappa shape index (κ3) is 2.13. The quantitative estimate of drug-likeness (QED) is 0.468. The molecule has 128 valence electrons. The molecule has 2 aliphatic carbocycles. The topological polar surface area (TPSA) is 56.9 Å². The molecular formula is C23H13FN2O. The van der Waals surface area contributed by atoms with Gasteiger partial charge in [-0.05, 0) is 46.0 Å². The van der Waals surface area contributed by atoms with E-state index in [-0.39, 0.29) is 0 Å². The van der Waals surface area contributed by atoms with Gasteiger partial charge in [0.2, 0.25) is 0 Å². The molecule has 0 spiro atoms. The number of nitrogens with zero attached hydrogens (tertiary/aromatic N) is 2. The van der Waals surface area contributed by atoms with Gasteiger partial charge in [0.05, 0.1) is 11.8 Å². The van der Waals surface area contributed by atoms with Gasteiger partial charge >= 0.3 is 0 Å². The van der Waals surface area contributed by atoms with Crippen LogP contribution in [-0.2, 0) is 0 Å². The lowest BCUT2D eigenvalue weighted by Gasteiger charge is -2.13. The fourth-order valence-corrected chi connectivity index (χ4v) is 4.10. The van der Waals surface area contributed by atoms with Crippen LogP contribution in [0.15, 0.2) is 72.4 Å². The highest BCUT2D eigenvalue weighted by molar-refractivity contribution is 6.08. The molecule has 5 rings (SSSR count). The number of aliphatic hydroxyl groups is 1. The Kier molecular flexibility index (Phi) is 3.33. The Bertz CT molecular complexity index is 1170. The van der Waals surface area contributed by atoms with Gasteiger partial charge in [0.25, 0.3) is 0 Å². The molecule has 4 heteroatoms. The van der Waals surface area contributed by atoms with E-state index in [0.29, 0.717) is 22.3 Å². The Hall–Kier alpha value is -3.55. The van der Waals surface area contributed by atoms with E-state index in [9.17, 15) is 14.8 Å². The van der Waals surface area contributed by atoms with E-state index in [1.54, 1.807) is 12.3 Å². The first-order valence-electron chi connectivity index (χ1n) is 8.58. The summed E-state index contributed by atoms with van der Waals surface area (Å²) < 4.78 is 13.9. The molecule has 3 aromatic rings. The number of fused-ring (bicyclic) bond motifs is 4. The van der Waals surface area contributed by atoms with Crippen LogP contribution in [0.25, 0.3) is 22.4 Å². The van der Waals surface area contributed by atoms with Gasteiger partial charge in [0.1, 0.15) is 11.9 Å². The maximum absolute atomic E-state index is 13.9. The Morgan fingerprint density at radius 3 is 2.59 bits per heavy atom. The van der Waals surface area contributed by atoms with E-state index in [1.165, 1.54) is 18.2 Å². The van der Waals surface area contributed by atoms with Gasteiger partial charge in [-0.2, -0.15) is 5.26 Å². The molecule has 3 nitrogen and oxygen atoms in total. The average Bonchev–Trinajstić information content (AvgIpc) is 3.15. The molecule has 2 aliphatic rings. The summed E-state index contributed by atoms with van der Waals surface area (Å²) in [7, 11) is 0. The Morgan fingerprint density at radius 1 is 1.00 bits per heavy atom. The summed E-state index contributed by atoms with van der Waals surface area (Å²) in [6.07, 6.45) is 2.19. The summed E-state index contributed by atoms with van der Waals surface area (Å²) in [5.41, 5.74) is 6.89. The first-order valence-corrected chi connectivity index (χ1v) is 8.58. The predicted molar refractivity (Wildman–Crippen MR) is 101 cm³/mol. The van der Waals surface area contributed by atoms with Crippen LogP contribution in [0.1, 0.15) is 28.4 Å². The van der Waals surface area contributed by atoms with E-state index in [4.69, 9.17) is 0 Å². The molecule has 0 amide bonds. The van der Waals surface area contributed by atoms with Gasteiger partial charge < -0.3 is 5.11 Å². The van der Waals surface area contributed by atoms with Crippen LogP contribution in [0.5, 0.6) is 0 Å². The van der Waals surface area contributed by atoms with Crippen molar-refractivity contribution in [1.82, 2.24) is 4.98 Å². The minimum absolute atomic E-state index is 0.398. The lowest BCUT2D eigenvalue weighted by molar-refractivity contribution is 0.225. The monoisotopic (exact) mass is 352 g/mol. The van der Waals surface area contributed by atoms with Crippen molar-refractivity contribution in [2.24, 2.45) is 0 Å². The van der Waals surface area contributed by atoms with Crippen molar-refractivity contribution in [1.29, 1.82) is 5.26 Å². The maximum atomic E-state index is 13.9. The molecule has 2 aromatic carbocycles. The molecule has 1 N–H and O–H groups in total. The summed E-state index contributed by atoms with van der Waals surface area (Å²) in [4.78, 5) is 4.52. The standard InChI is InChI=1S/C23H13FN2O/c24-13-7-8-17-19(12-13)15(9-10-25)21(23(17)27)20-14-4-1-2-5-16(14)22-18(20)6-3-11-26-22/h1-9,11-12,23,27H/b15-9+,21-20-. The molecule has 0 aliphatic heterocycles. The maximum Gasteiger partial charge on any atom is 0.123 e. The molecule has 1 aromatic heterocycles. The van der Waals surface area contributed by atoms with Gasteiger partial charge in [-0.25, -0.2) is 4.39 Å². The van der Waals surface area contributed by atoms with Crippen molar-refractivity contribution in [3.05, 3.63) is 101 Å². The van der Waals surface area contributed by atoms with Gasteiger partial charge in [0.15, 0.2) is 0 Å². The molecule has 0 saturated carbocycles. The van der Waals surface area contributed by atoms with Crippen molar-refractivity contribution in [2.45, 2.75) is 6.10 Å². The van der Waals surface area contributed by atoms with E-state index in [1.807, 2.05) is 42.5 Å². The summed E-state index contributed by atoms with van der Waals surface area (Å²) in [5, 5.41) is 20.4. The fraction of sp³-hybridized carbons (Fsp3) is 0.0435. The zero-order valence-electron chi connectivity index (χ0n) is 14.1. The predicted octanol–water partition coefficient (Wildman–Crippen LogP) is 4.66. The highest BCUT2D eigenvalue weighted by Crippen LogP contribution is 2.53. The molecule has 0 bridgehead atoms. The molecule has 1 unspecified atom stereocenters. The Morgan fingerprint density at radius 2 is 1.78 bits per heavy atom. The second-order valence-electron chi connectivity index (χ2n) is 6.56. The number of allylic oxidation sites excluding steroid dienone is 1. The van der Waals surface area contributed by atoms with Gasteiger partial charge in [-0.15, -0.1) is 0 Å². The largest absolute Gasteiger partial charge is 0.384 e. The number of hydrogen-bond donors (Lipinski definition) is 1. The molecule has 1 heterocycles. The van der Waals surface area contributed by atoms with Gasteiger partial charge in [-0.1, -0.05) is 36.4 Å². The number of pyridine rings is 1. The third-order valence-corrected chi connectivity index (χ3v) is 5.17. The van der Waals surface area contributed by atoms with Crippen LogP contribution >= 0.6 is 0 Å². The van der Waals surface area contributed by atoms with E-state index >= 15 is 0 Å². The minimum atomic E-state index is -0.936. The summed E-state index contributed by atoms with van der Waals surface area (Å²) in [5.74, 6) is -0.398. The zero-order valence-corrected chi connectivity index (χ0v) is 14.1.